The van der Waals surface area contributed by atoms with Crippen LogP contribution in [-0.2, 0) is 57.5 Å². The van der Waals surface area contributed by atoms with Crippen molar-refractivity contribution in [3.8, 4) is 24.3 Å². The number of nitrogens with zero attached hydrogens (tertiary/aromatic N) is 16. The quantitative estimate of drug-likeness (QED) is 0.0333. The lowest BCUT2D eigenvalue weighted by atomic mass is 10.4. The monoisotopic (exact) mass is 1040 g/mol. The number of carbonyl (C=O) groups excluding carboxylic acids is 4. The predicted molar refractivity (Wildman–Crippen MR) is 246 cm³/mol. The van der Waals surface area contributed by atoms with Crippen molar-refractivity contribution < 1.29 is 94.6 Å². The average Bonchev–Trinajstić information content (AvgIpc) is 3.24. The number of esters is 4. The minimum Gasteiger partial charge on any atom is -1.00 e. The lowest BCUT2D eigenvalue weighted by molar-refractivity contribution is -0.480. The molecule has 0 atom stereocenters. The van der Waals surface area contributed by atoms with Crippen molar-refractivity contribution in [3.63, 3.8) is 0 Å². The molecular formula is C40H68F4N16O12. The third-order valence-electron chi connectivity index (χ3n) is 6.23. The van der Waals surface area contributed by atoms with Crippen molar-refractivity contribution in [3.05, 3.63) is 0 Å². The fraction of sp³-hybridized carbons (Fsp3) is 0.600. The Morgan fingerprint density at radius 2 is 0.500 bits per heavy atom. The van der Waals surface area contributed by atoms with Gasteiger partial charge in [0.15, 0.2) is 0 Å². The van der Waals surface area contributed by atoms with Gasteiger partial charge in [-0.2, -0.15) is 21.0 Å². The first-order chi connectivity index (χ1) is 31.7. The number of ether oxygens (including phenoxy) is 4. The van der Waals surface area contributed by atoms with Crippen molar-refractivity contribution in [1.29, 1.82) is 21.0 Å². The first kappa shape index (κ1) is 80.4. The molecule has 0 saturated carbocycles. The lowest BCUT2D eigenvalue weighted by Crippen LogP contribution is -3.00. The molecule has 72 heavy (non-hydrogen) atoms. The molecule has 0 N–H and O–H groups in total. The van der Waals surface area contributed by atoms with Gasteiger partial charge in [0, 0.05) is 0 Å². The molecule has 0 saturated heterocycles. The molecule has 0 unspecified atom stereocenters. The van der Waals surface area contributed by atoms with Gasteiger partial charge in [-0.1, -0.05) is 20.6 Å². The van der Waals surface area contributed by atoms with E-state index in [1.165, 1.54) is 0 Å². The summed E-state index contributed by atoms with van der Waals surface area (Å²) in [5.74, 6) is -3.20. The van der Waals surface area contributed by atoms with Gasteiger partial charge in [-0.25, -0.2) is 57.1 Å². The molecule has 0 spiro atoms. The minimum absolute atomic E-state index is 0. The highest BCUT2D eigenvalue weighted by Gasteiger charge is 2.21. The highest BCUT2D eigenvalue weighted by Crippen LogP contribution is 1.95. The van der Waals surface area contributed by atoms with Gasteiger partial charge in [0.25, 0.3) is 22.8 Å². The van der Waals surface area contributed by atoms with Crippen molar-refractivity contribution in [2.75, 3.05) is 139 Å². The Hall–Kier alpha value is -8.68. The summed E-state index contributed by atoms with van der Waals surface area (Å²) in [6.07, 6.45) is 0. The first-order valence-corrected chi connectivity index (χ1v) is 19.9. The van der Waals surface area contributed by atoms with E-state index >= 15 is 0 Å². The molecule has 0 bridgehead atoms. The molecular weight excluding hydrogens is 973 g/mol. The van der Waals surface area contributed by atoms with Crippen LogP contribution in [0.15, 0.2) is 20.6 Å². The molecule has 0 radical (unpaired) electrons. The van der Waals surface area contributed by atoms with Gasteiger partial charge < -0.3 is 37.8 Å². The zero-order valence-corrected chi connectivity index (χ0v) is 44.4. The Kier molecular flexibility index (Phi) is 51.4. The van der Waals surface area contributed by atoms with E-state index in [2.05, 4.69) is 39.6 Å². The molecule has 0 aromatic rings. The molecule has 0 amide bonds. The largest absolute Gasteiger partial charge is 1.00 e. The topological polar surface area (TPSA) is 312 Å². The summed E-state index contributed by atoms with van der Waals surface area (Å²) < 4.78 is 25.2. The van der Waals surface area contributed by atoms with Crippen LogP contribution in [0.5, 0.6) is 0 Å². The summed E-state index contributed by atoms with van der Waals surface area (Å²) in [6, 6.07) is 8.04. The van der Waals surface area contributed by atoms with Gasteiger partial charge in [-0.05, 0) is 27.7 Å². The summed E-state index contributed by atoms with van der Waals surface area (Å²) in [7, 11) is 28.0. The molecule has 0 aromatic heterocycles. The number of hydrogen-bond acceptors (Lipinski definition) is 20. The van der Waals surface area contributed by atoms with Crippen LogP contribution >= 0.6 is 0 Å². The molecule has 28 nitrogen and oxygen atoms in total. The van der Waals surface area contributed by atoms with Crippen LogP contribution in [0.2, 0.25) is 0 Å². The normalized spacial score (nSPS) is 9.67. The molecule has 0 heterocycles. The fourth-order valence-corrected chi connectivity index (χ4v) is 3.81. The highest BCUT2D eigenvalue weighted by atomic mass is 19.0. The summed E-state index contributed by atoms with van der Waals surface area (Å²) in [6.45, 7) is 7.29. The molecule has 0 aromatic carbocycles. The van der Waals surface area contributed by atoms with E-state index in [1.807, 2.05) is 0 Å². The first-order valence-electron chi connectivity index (χ1n) is 19.9. The molecule has 0 aliphatic carbocycles. The van der Waals surface area contributed by atoms with Gasteiger partial charge in [0.05, 0.1) is 139 Å². The predicted octanol–water partition coefficient (Wildman–Crippen LogP) is -13.4. The molecule has 0 aliphatic rings. The van der Waals surface area contributed by atoms with E-state index < -0.39 is 46.7 Å². The smallest absolute Gasteiger partial charge is 0.471 e. The van der Waals surface area contributed by atoms with E-state index in [0.717, 1.165) is 0 Å². The van der Waals surface area contributed by atoms with Gasteiger partial charge in [-0.3, -0.25) is 19.4 Å². The number of hydrogen-bond donors (Lipinski definition) is 0. The van der Waals surface area contributed by atoms with E-state index in [4.69, 9.17) is 40.4 Å². The van der Waals surface area contributed by atoms with Crippen molar-refractivity contribution >= 4 is 70.8 Å². The Morgan fingerprint density at radius 1 is 0.361 bits per heavy atom. The number of nitriles is 4. The van der Waals surface area contributed by atoms with Gasteiger partial charge >= 0.3 is 48.0 Å². The van der Waals surface area contributed by atoms with Crippen LogP contribution in [0.1, 0.15) is 27.7 Å². The molecule has 0 rings (SSSR count). The summed E-state index contributed by atoms with van der Waals surface area (Å²) in [5, 5.41) is 48.7. The Bertz CT molecular complexity index is 1820. The van der Waals surface area contributed by atoms with Crippen LogP contribution in [0.3, 0.4) is 0 Å². The maximum Gasteiger partial charge on any atom is 0.471 e. The summed E-state index contributed by atoms with van der Waals surface area (Å²) in [4.78, 5) is 71.6. The summed E-state index contributed by atoms with van der Waals surface area (Å²) >= 11 is 0. The van der Waals surface area contributed by atoms with Crippen LogP contribution in [-0.4, -0.2) is 248 Å². The second kappa shape index (κ2) is 46.1. The van der Waals surface area contributed by atoms with Crippen molar-refractivity contribution in [1.82, 2.24) is 19.6 Å². The zero-order valence-electron chi connectivity index (χ0n) is 44.4. The molecule has 0 fully saturated rings. The fourth-order valence-electron chi connectivity index (χ4n) is 3.81. The zero-order chi connectivity index (χ0) is 53.7. The van der Waals surface area contributed by atoms with Crippen molar-refractivity contribution in [2.45, 2.75) is 27.7 Å². The van der Waals surface area contributed by atoms with Crippen LogP contribution in [0.4, 0.5) is 0 Å². The maximum atomic E-state index is 11.2. The Morgan fingerprint density at radius 3 is 0.583 bits per heavy atom. The average molecular weight is 1040 g/mol. The summed E-state index contributed by atoms with van der Waals surface area (Å²) in [5.41, 5.74) is -1.69. The third-order valence-corrected chi connectivity index (χ3v) is 6.23. The number of halogens is 4. The molecule has 408 valence electrons. The van der Waals surface area contributed by atoms with E-state index in [1.54, 1.807) is 203 Å². The third kappa shape index (κ3) is 35.5. The van der Waals surface area contributed by atoms with Gasteiger partial charge in [0.1, 0.15) is 24.3 Å². The SMILES string of the molecule is CCOC(=O)C(C#N)=NOC(N(C)C)=[N+](C)C.CCOC(=O)C(C#N)=NOC(N(C)C)=[N+](C)C.CCOC(=O)C(C#N)=NOC(N(C)C)=[N+](C)C.CCOC(=O)C(C#N)=NOC(N(C)C)=[N+](C)C.[F-].[F-].[F-].[F-]. The van der Waals surface area contributed by atoms with Crippen LogP contribution in [0.25, 0.3) is 0 Å². The maximum absolute atomic E-state index is 11.2. The minimum atomic E-state index is -0.799. The number of amidine groups is 4. The van der Waals surface area contributed by atoms with Gasteiger partial charge in [-0.15, -0.1) is 0 Å². The Balaban J connectivity index is -0.000000124. The molecule has 0 aliphatic heterocycles. The van der Waals surface area contributed by atoms with E-state index in [-0.39, 0.29) is 45.2 Å². The highest BCUT2D eigenvalue weighted by molar-refractivity contribution is 6.44. The van der Waals surface area contributed by atoms with E-state index in [0.29, 0.717) is 24.1 Å². The second-order valence-corrected chi connectivity index (χ2v) is 13.7. The van der Waals surface area contributed by atoms with Gasteiger partial charge in [0.2, 0.25) is 0 Å². The number of rotatable bonds is 12. The van der Waals surface area contributed by atoms with Crippen LogP contribution < -0.4 is 18.8 Å². The number of oxime groups is 4. The number of carbonyl (C=O) groups is 4. The molecule has 32 heteroatoms. The lowest BCUT2D eigenvalue weighted by Gasteiger charge is -2.07. The Labute approximate surface area is 417 Å². The van der Waals surface area contributed by atoms with Crippen molar-refractivity contribution in [2.24, 2.45) is 20.6 Å². The standard InChI is InChI=1S/4C10H17N4O3.4FH/c4*1-6-16-9(15)8(7-11)12-17-10(13(2)3)14(4)5;;;;/h4*6H2,1-5H3;4*1H/q4*+1;;;;/p-4. The second-order valence-electron chi connectivity index (χ2n) is 13.7. The van der Waals surface area contributed by atoms with E-state index in [9.17, 15) is 19.2 Å². The van der Waals surface area contributed by atoms with Crippen LogP contribution in [0, 0.1) is 45.3 Å².